The molecule has 1 aliphatic rings. The predicted octanol–water partition coefficient (Wildman–Crippen LogP) is 0.354. The number of nitrogens with one attached hydrogen (secondary N) is 2. The van der Waals surface area contributed by atoms with E-state index in [1.54, 1.807) is 13.8 Å². The summed E-state index contributed by atoms with van der Waals surface area (Å²) >= 11 is 0. The summed E-state index contributed by atoms with van der Waals surface area (Å²) in [6.07, 6.45) is 1.15. The van der Waals surface area contributed by atoms with Crippen LogP contribution in [0.4, 0.5) is 0 Å². The molecule has 3 unspecified atom stereocenters. The molecule has 1 heterocycles. The maximum absolute atomic E-state index is 11.9. The normalized spacial score (nSPS) is 28.4. The minimum absolute atomic E-state index is 0.120. The first-order valence-corrected chi connectivity index (χ1v) is 5.69. The number of hydrogen-bond acceptors (Lipinski definition) is 3. The van der Waals surface area contributed by atoms with Gasteiger partial charge in [-0.3, -0.25) is 4.79 Å². The lowest BCUT2D eigenvalue weighted by Crippen LogP contribution is -2.54. The fourth-order valence-corrected chi connectivity index (χ4v) is 1.87. The van der Waals surface area contributed by atoms with Gasteiger partial charge in [-0.25, -0.2) is 4.79 Å². The van der Waals surface area contributed by atoms with Gasteiger partial charge in [-0.05, 0) is 33.2 Å². The van der Waals surface area contributed by atoms with Crippen molar-refractivity contribution < 1.29 is 14.7 Å². The number of carboxylic acid groups (broad SMARTS) is 1. The fourth-order valence-electron chi connectivity index (χ4n) is 1.87. The van der Waals surface area contributed by atoms with Crippen LogP contribution in [0.25, 0.3) is 0 Å². The second-order valence-electron chi connectivity index (χ2n) is 4.62. The minimum Gasteiger partial charge on any atom is -0.480 e. The van der Waals surface area contributed by atoms with Crippen LogP contribution >= 0.6 is 0 Å². The summed E-state index contributed by atoms with van der Waals surface area (Å²) in [6.45, 7) is 6.06. The highest BCUT2D eigenvalue weighted by Crippen LogP contribution is 2.18. The smallest absolute Gasteiger partial charge is 0.329 e. The Morgan fingerprint density at radius 1 is 1.56 bits per heavy atom. The van der Waals surface area contributed by atoms with Gasteiger partial charge in [0.25, 0.3) is 0 Å². The van der Waals surface area contributed by atoms with Crippen molar-refractivity contribution >= 4 is 11.9 Å². The summed E-state index contributed by atoms with van der Waals surface area (Å²) in [7, 11) is 0. The van der Waals surface area contributed by atoms with Gasteiger partial charge >= 0.3 is 5.97 Å². The molecule has 0 aromatic carbocycles. The molecule has 0 bridgehead atoms. The largest absolute Gasteiger partial charge is 0.480 e. The van der Waals surface area contributed by atoms with Crippen molar-refractivity contribution in [2.24, 2.45) is 5.92 Å². The molecule has 3 N–H and O–H groups in total. The molecule has 1 fully saturated rings. The van der Waals surface area contributed by atoms with E-state index in [1.807, 2.05) is 6.92 Å². The number of carboxylic acids is 1. The number of carbonyl (C=O) groups is 2. The zero-order valence-electron chi connectivity index (χ0n) is 10.0. The van der Waals surface area contributed by atoms with Crippen LogP contribution < -0.4 is 10.6 Å². The standard InChI is InChI=1S/C11H20N2O3/c1-4-11(3,10(15)16)13-9(14)8-5-6-12-7(8)2/h7-8,12H,4-6H2,1-3H3,(H,13,14)(H,15,16). The van der Waals surface area contributed by atoms with Crippen LogP contribution in [-0.4, -0.2) is 35.1 Å². The number of amides is 1. The van der Waals surface area contributed by atoms with Gasteiger partial charge in [0, 0.05) is 6.04 Å². The van der Waals surface area contributed by atoms with Crippen molar-refractivity contribution in [1.29, 1.82) is 0 Å². The third-order valence-corrected chi connectivity index (χ3v) is 3.44. The first kappa shape index (κ1) is 13.0. The number of aliphatic carboxylic acids is 1. The molecule has 5 heteroatoms. The van der Waals surface area contributed by atoms with E-state index in [-0.39, 0.29) is 17.9 Å². The van der Waals surface area contributed by atoms with Crippen molar-refractivity contribution in [2.75, 3.05) is 6.54 Å². The average Bonchev–Trinajstić information content (AvgIpc) is 2.64. The van der Waals surface area contributed by atoms with Crippen LogP contribution in [0.1, 0.15) is 33.6 Å². The highest BCUT2D eigenvalue weighted by Gasteiger charge is 2.37. The Balaban J connectivity index is 2.65. The molecule has 0 spiro atoms. The number of hydrogen-bond donors (Lipinski definition) is 3. The highest BCUT2D eigenvalue weighted by molar-refractivity contribution is 5.88. The van der Waals surface area contributed by atoms with Crippen LogP contribution in [0, 0.1) is 5.92 Å². The monoisotopic (exact) mass is 228 g/mol. The van der Waals surface area contributed by atoms with E-state index < -0.39 is 11.5 Å². The van der Waals surface area contributed by atoms with E-state index in [2.05, 4.69) is 10.6 Å². The van der Waals surface area contributed by atoms with Crippen LogP contribution in [-0.2, 0) is 9.59 Å². The molecule has 0 aliphatic carbocycles. The molecule has 3 atom stereocenters. The van der Waals surface area contributed by atoms with Crippen LogP contribution in [0.3, 0.4) is 0 Å². The topological polar surface area (TPSA) is 78.4 Å². The van der Waals surface area contributed by atoms with E-state index in [1.165, 1.54) is 0 Å². The summed E-state index contributed by atoms with van der Waals surface area (Å²) in [4.78, 5) is 23.0. The molecular weight excluding hydrogens is 208 g/mol. The third kappa shape index (κ3) is 2.52. The van der Waals surface area contributed by atoms with Gasteiger partial charge in [-0.2, -0.15) is 0 Å². The zero-order chi connectivity index (χ0) is 12.3. The van der Waals surface area contributed by atoms with Crippen molar-refractivity contribution in [3.8, 4) is 0 Å². The summed E-state index contributed by atoms with van der Waals surface area (Å²) in [5.41, 5.74) is -1.15. The summed E-state index contributed by atoms with van der Waals surface area (Å²) < 4.78 is 0. The molecule has 0 saturated carbocycles. The van der Waals surface area contributed by atoms with Gasteiger partial charge in [0.05, 0.1) is 5.92 Å². The Kier molecular flexibility index (Phi) is 3.91. The van der Waals surface area contributed by atoms with E-state index in [0.717, 1.165) is 13.0 Å². The molecule has 1 saturated heterocycles. The molecular formula is C11H20N2O3. The van der Waals surface area contributed by atoms with E-state index in [4.69, 9.17) is 5.11 Å². The molecule has 92 valence electrons. The highest BCUT2D eigenvalue weighted by atomic mass is 16.4. The molecule has 1 amide bonds. The van der Waals surface area contributed by atoms with Crippen LogP contribution in [0.5, 0.6) is 0 Å². The van der Waals surface area contributed by atoms with Crippen LogP contribution in [0.15, 0.2) is 0 Å². The summed E-state index contributed by atoms with van der Waals surface area (Å²) in [6, 6.07) is 0.120. The van der Waals surface area contributed by atoms with Gasteiger partial charge in [0.1, 0.15) is 5.54 Å². The predicted molar refractivity (Wildman–Crippen MR) is 60.0 cm³/mol. The Labute approximate surface area is 95.6 Å². The Morgan fingerprint density at radius 3 is 2.56 bits per heavy atom. The van der Waals surface area contributed by atoms with E-state index in [9.17, 15) is 9.59 Å². The summed E-state index contributed by atoms with van der Waals surface area (Å²) in [5.74, 6) is -1.27. The second kappa shape index (κ2) is 4.82. The lowest BCUT2D eigenvalue weighted by Gasteiger charge is -2.27. The molecule has 1 rings (SSSR count). The SMILES string of the molecule is CCC(C)(NC(=O)C1CCNC1C)C(=O)O. The van der Waals surface area contributed by atoms with Gasteiger partial charge in [-0.15, -0.1) is 0 Å². The van der Waals surface area contributed by atoms with Gasteiger partial charge in [0.2, 0.25) is 5.91 Å². The summed E-state index contributed by atoms with van der Waals surface area (Å²) in [5, 5.41) is 14.9. The van der Waals surface area contributed by atoms with Crippen molar-refractivity contribution in [2.45, 2.75) is 45.2 Å². The number of rotatable bonds is 4. The lowest BCUT2D eigenvalue weighted by atomic mass is 9.95. The zero-order valence-corrected chi connectivity index (χ0v) is 10.0. The minimum atomic E-state index is -1.15. The van der Waals surface area contributed by atoms with Crippen molar-refractivity contribution in [3.05, 3.63) is 0 Å². The molecule has 1 aliphatic heterocycles. The van der Waals surface area contributed by atoms with E-state index in [0.29, 0.717) is 6.42 Å². The fraction of sp³-hybridized carbons (Fsp3) is 0.818. The van der Waals surface area contributed by atoms with Gasteiger partial charge in [-0.1, -0.05) is 6.92 Å². The second-order valence-corrected chi connectivity index (χ2v) is 4.62. The van der Waals surface area contributed by atoms with Crippen LogP contribution in [0.2, 0.25) is 0 Å². The molecule has 0 aromatic heterocycles. The number of carbonyl (C=O) groups excluding carboxylic acids is 1. The van der Waals surface area contributed by atoms with Crippen molar-refractivity contribution in [1.82, 2.24) is 10.6 Å². The Bertz CT molecular complexity index is 293. The maximum atomic E-state index is 11.9. The van der Waals surface area contributed by atoms with Gasteiger partial charge < -0.3 is 15.7 Å². The maximum Gasteiger partial charge on any atom is 0.329 e. The van der Waals surface area contributed by atoms with E-state index >= 15 is 0 Å². The molecule has 0 aromatic rings. The molecule has 5 nitrogen and oxygen atoms in total. The lowest BCUT2D eigenvalue weighted by molar-refractivity contribution is -0.147. The average molecular weight is 228 g/mol. The molecule has 16 heavy (non-hydrogen) atoms. The Hall–Kier alpha value is -1.10. The van der Waals surface area contributed by atoms with Gasteiger partial charge in [0.15, 0.2) is 0 Å². The molecule has 0 radical (unpaired) electrons. The third-order valence-electron chi connectivity index (χ3n) is 3.44. The quantitative estimate of drug-likeness (QED) is 0.649. The van der Waals surface area contributed by atoms with Crippen molar-refractivity contribution in [3.63, 3.8) is 0 Å². The Morgan fingerprint density at radius 2 is 2.19 bits per heavy atom. The first-order valence-electron chi connectivity index (χ1n) is 5.69. The first-order chi connectivity index (χ1) is 7.40.